The Morgan fingerprint density at radius 2 is 1.68 bits per heavy atom. The molecule has 2 heterocycles. The molecule has 3 aliphatic rings. The van der Waals surface area contributed by atoms with Crippen LogP contribution in [0.5, 0.6) is 0 Å². The summed E-state index contributed by atoms with van der Waals surface area (Å²) in [7, 11) is 0. The van der Waals surface area contributed by atoms with Crippen LogP contribution in [-0.4, -0.2) is 24.0 Å². The molecule has 0 bridgehead atoms. The maximum Gasteiger partial charge on any atom is 0.228 e. The third kappa shape index (κ3) is 2.12. The maximum atomic E-state index is 13.1. The largest absolute Gasteiger partial charge is 0.349 e. The average molecular weight is 333 g/mol. The molecule has 0 spiro atoms. The number of rotatable bonds is 2. The van der Waals surface area contributed by atoms with Crippen LogP contribution in [0.4, 0.5) is 0 Å². The SMILES string of the molecule is O=C1C2CCC(c3ccccc3)CC2C2(c3ccccc3)OCCN12. The third-order valence-electron chi connectivity index (χ3n) is 6.43. The van der Waals surface area contributed by atoms with Crippen molar-refractivity contribution in [2.24, 2.45) is 11.8 Å². The summed E-state index contributed by atoms with van der Waals surface area (Å²) in [5, 5.41) is 0. The van der Waals surface area contributed by atoms with E-state index in [1.165, 1.54) is 5.56 Å². The summed E-state index contributed by atoms with van der Waals surface area (Å²) in [6.45, 7) is 1.36. The minimum Gasteiger partial charge on any atom is -0.349 e. The van der Waals surface area contributed by atoms with Gasteiger partial charge in [0.2, 0.25) is 5.91 Å². The van der Waals surface area contributed by atoms with Crippen LogP contribution in [-0.2, 0) is 15.3 Å². The quantitative estimate of drug-likeness (QED) is 0.834. The van der Waals surface area contributed by atoms with Crippen molar-refractivity contribution in [1.29, 1.82) is 0 Å². The molecular weight excluding hydrogens is 310 g/mol. The lowest BCUT2D eigenvalue weighted by Crippen LogP contribution is -2.43. The molecule has 0 N–H and O–H groups in total. The van der Waals surface area contributed by atoms with E-state index in [2.05, 4.69) is 54.6 Å². The molecule has 0 aromatic heterocycles. The van der Waals surface area contributed by atoms with E-state index in [9.17, 15) is 4.79 Å². The topological polar surface area (TPSA) is 29.5 Å². The number of amides is 1. The van der Waals surface area contributed by atoms with Crippen molar-refractivity contribution in [2.45, 2.75) is 30.9 Å². The molecule has 2 aromatic carbocycles. The fraction of sp³-hybridized carbons (Fsp3) is 0.409. The first kappa shape index (κ1) is 15.2. The van der Waals surface area contributed by atoms with E-state index in [1.807, 2.05) is 11.0 Å². The van der Waals surface area contributed by atoms with Gasteiger partial charge in [0.15, 0.2) is 5.72 Å². The lowest BCUT2D eigenvalue weighted by Gasteiger charge is -2.40. The summed E-state index contributed by atoms with van der Waals surface area (Å²) in [4.78, 5) is 15.1. The first-order valence-electron chi connectivity index (χ1n) is 9.36. The highest BCUT2D eigenvalue weighted by Gasteiger charge is 2.63. The molecule has 128 valence electrons. The van der Waals surface area contributed by atoms with Crippen molar-refractivity contribution in [3.8, 4) is 0 Å². The fourth-order valence-corrected chi connectivity index (χ4v) is 5.37. The predicted molar refractivity (Wildman–Crippen MR) is 95.8 cm³/mol. The molecule has 4 atom stereocenters. The summed E-state index contributed by atoms with van der Waals surface area (Å²) in [5.41, 5.74) is 1.99. The Morgan fingerprint density at radius 1 is 0.960 bits per heavy atom. The molecule has 1 aliphatic carbocycles. The van der Waals surface area contributed by atoms with Crippen molar-refractivity contribution in [2.75, 3.05) is 13.2 Å². The van der Waals surface area contributed by atoms with E-state index in [0.29, 0.717) is 18.4 Å². The number of ether oxygens (including phenoxy) is 1. The van der Waals surface area contributed by atoms with Crippen LogP contribution in [0.25, 0.3) is 0 Å². The molecule has 4 unspecified atom stereocenters. The molecule has 3 nitrogen and oxygen atoms in total. The molecular formula is C22H23NO2. The first-order valence-corrected chi connectivity index (χ1v) is 9.36. The summed E-state index contributed by atoms with van der Waals surface area (Å²) in [5.74, 6) is 1.17. The lowest BCUT2D eigenvalue weighted by molar-refractivity contribution is -0.141. The third-order valence-corrected chi connectivity index (χ3v) is 6.43. The van der Waals surface area contributed by atoms with Gasteiger partial charge in [-0.3, -0.25) is 4.79 Å². The van der Waals surface area contributed by atoms with Crippen molar-refractivity contribution in [1.82, 2.24) is 4.90 Å². The Morgan fingerprint density at radius 3 is 2.44 bits per heavy atom. The van der Waals surface area contributed by atoms with E-state index in [-0.39, 0.29) is 11.8 Å². The zero-order valence-corrected chi connectivity index (χ0v) is 14.3. The number of carbonyl (C=O) groups excluding carboxylic acids is 1. The summed E-state index contributed by atoms with van der Waals surface area (Å²) in [6, 6.07) is 21.1. The minimum absolute atomic E-state index is 0.112. The van der Waals surface area contributed by atoms with Crippen LogP contribution in [0.1, 0.15) is 36.3 Å². The van der Waals surface area contributed by atoms with Crippen molar-refractivity contribution in [3.63, 3.8) is 0 Å². The van der Waals surface area contributed by atoms with Gasteiger partial charge in [-0.2, -0.15) is 0 Å². The monoisotopic (exact) mass is 333 g/mol. The highest BCUT2D eigenvalue weighted by atomic mass is 16.5. The van der Waals surface area contributed by atoms with Crippen molar-refractivity contribution >= 4 is 5.91 Å². The highest BCUT2D eigenvalue weighted by Crippen LogP contribution is 2.57. The standard InChI is InChI=1S/C22H23NO2/c24-21-19-12-11-17(16-7-3-1-4-8-16)15-20(19)22(23(21)13-14-25-22)18-9-5-2-6-10-18/h1-10,17,19-20H,11-15H2. The van der Waals surface area contributed by atoms with E-state index in [1.54, 1.807) is 0 Å². The van der Waals surface area contributed by atoms with E-state index < -0.39 is 5.72 Å². The predicted octanol–water partition coefficient (Wildman–Crippen LogP) is 3.91. The molecule has 1 amide bonds. The number of hydrogen-bond acceptors (Lipinski definition) is 2. The van der Waals surface area contributed by atoms with Gasteiger partial charge in [0.25, 0.3) is 0 Å². The van der Waals surface area contributed by atoms with Gasteiger partial charge in [0.05, 0.1) is 6.61 Å². The molecule has 5 rings (SSSR count). The molecule has 3 heteroatoms. The summed E-state index contributed by atoms with van der Waals surface area (Å²) in [6.07, 6.45) is 3.08. The summed E-state index contributed by atoms with van der Waals surface area (Å²) < 4.78 is 6.38. The van der Waals surface area contributed by atoms with Gasteiger partial charge in [-0.05, 0) is 30.7 Å². The van der Waals surface area contributed by atoms with Crippen LogP contribution in [0, 0.1) is 11.8 Å². The zero-order valence-electron chi connectivity index (χ0n) is 14.3. The Hall–Kier alpha value is -2.13. The van der Waals surface area contributed by atoms with Gasteiger partial charge in [-0.1, -0.05) is 60.7 Å². The Kier molecular flexibility index (Phi) is 3.46. The van der Waals surface area contributed by atoms with Gasteiger partial charge in [0, 0.05) is 23.9 Å². The smallest absolute Gasteiger partial charge is 0.228 e. The Balaban J connectivity index is 1.56. The normalized spacial score (nSPS) is 34.0. The van der Waals surface area contributed by atoms with Crippen LogP contribution in [0.3, 0.4) is 0 Å². The summed E-state index contributed by atoms with van der Waals surface area (Å²) >= 11 is 0. The lowest BCUT2D eigenvalue weighted by atomic mass is 9.69. The maximum absolute atomic E-state index is 13.1. The Labute approximate surface area is 148 Å². The van der Waals surface area contributed by atoms with Crippen molar-refractivity contribution < 1.29 is 9.53 Å². The second kappa shape index (κ2) is 5.70. The molecule has 25 heavy (non-hydrogen) atoms. The van der Waals surface area contributed by atoms with Gasteiger partial charge >= 0.3 is 0 Å². The van der Waals surface area contributed by atoms with E-state index in [0.717, 1.165) is 31.4 Å². The number of carbonyl (C=O) groups is 1. The number of hydrogen-bond donors (Lipinski definition) is 0. The van der Waals surface area contributed by atoms with Crippen LogP contribution in [0.15, 0.2) is 60.7 Å². The molecule has 2 aliphatic heterocycles. The highest BCUT2D eigenvalue weighted by molar-refractivity contribution is 5.83. The van der Waals surface area contributed by atoms with E-state index >= 15 is 0 Å². The van der Waals surface area contributed by atoms with Gasteiger partial charge in [-0.25, -0.2) is 0 Å². The Bertz CT molecular complexity index is 775. The second-order valence-electron chi connectivity index (χ2n) is 7.53. The molecule has 1 saturated carbocycles. The number of fused-ring (bicyclic) bond motifs is 3. The van der Waals surface area contributed by atoms with E-state index in [4.69, 9.17) is 4.74 Å². The second-order valence-corrected chi connectivity index (χ2v) is 7.53. The first-order chi connectivity index (χ1) is 12.3. The van der Waals surface area contributed by atoms with Gasteiger partial charge in [-0.15, -0.1) is 0 Å². The average Bonchev–Trinajstić information content (AvgIpc) is 3.22. The number of benzene rings is 2. The molecule has 3 fully saturated rings. The molecule has 0 radical (unpaired) electrons. The minimum atomic E-state index is -0.545. The van der Waals surface area contributed by atoms with Crippen LogP contribution >= 0.6 is 0 Å². The van der Waals surface area contributed by atoms with Gasteiger partial charge < -0.3 is 9.64 Å². The van der Waals surface area contributed by atoms with Gasteiger partial charge in [0.1, 0.15) is 0 Å². The van der Waals surface area contributed by atoms with Crippen LogP contribution < -0.4 is 0 Å². The molecule has 2 aromatic rings. The molecule has 2 saturated heterocycles. The number of nitrogens with zero attached hydrogens (tertiary/aromatic N) is 1. The van der Waals surface area contributed by atoms with Crippen LogP contribution in [0.2, 0.25) is 0 Å². The van der Waals surface area contributed by atoms with Crippen molar-refractivity contribution in [3.05, 3.63) is 71.8 Å². The zero-order chi connectivity index (χ0) is 16.9. The fourth-order valence-electron chi connectivity index (χ4n) is 5.37.